The number of ether oxygens (including phenoxy) is 1. The molecule has 1 saturated heterocycles. The first-order valence-electron chi connectivity index (χ1n) is 9.99. The van der Waals surface area contributed by atoms with Crippen molar-refractivity contribution in [2.75, 3.05) is 25.0 Å². The van der Waals surface area contributed by atoms with Crippen LogP contribution in [-0.4, -0.2) is 56.5 Å². The average molecular weight is 428 g/mol. The van der Waals surface area contributed by atoms with Crippen LogP contribution in [0.1, 0.15) is 18.7 Å². The Hall–Kier alpha value is -3.56. The van der Waals surface area contributed by atoms with Crippen LogP contribution in [0.2, 0.25) is 0 Å². The van der Waals surface area contributed by atoms with Crippen molar-refractivity contribution < 1.29 is 18.3 Å². The number of aromatic amines is 1. The monoisotopic (exact) mass is 428 g/mol. The van der Waals surface area contributed by atoms with Crippen molar-refractivity contribution in [1.82, 2.24) is 24.8 Å². The Morgan fingerprint density at radius 3 is 3.06 bits per heavy atom. The normalized spacial score (nSPS) is 15.9. The number of carbonyl (C=O) groups excluding carboxylic acids is 1. The fraction of sp³-hybridized carbons (Fsp3) is 0.333. The molecule has 31 heavy (non-hydrogen) atoms. The number of fused-ring (bicyclic) bond motifs is 1. The summed E-state index contributed by atoms with van der Waals surface area (Å²) < 4.78 is 31.9. The highest BCUT2D eigenvalue weighted by Crippen LogP contribution is 2.22. The van der Waals surface area contributed by atoms with E-state index in [1.54, 1.807) is 4.90 Å². The number of hydrogen-bond donors (Lipinski definition) is 2. The molecule has 0 bridgehead atoms. The van der Waals surface area contributed by atoms with E-state index >= 15 is 0 Å². The van der Waals surface area contributed by atoms with Gasteiger partial charge in [-0.3, -0.25) is 4.79 Å². The maximum Gasteiger partial charge on any atom is 0.246 e. The maximum absolute atomic E-state index is 13.6. The van der Waals surface area contributed by atoms with Gasteiger partial charge in [-0.25, -0.2) is 23.7 Å². The zero-order valence-corrected chi connectivity index (χ0v) is 16.8. The number of nitrogens with zero attached hydrogens (tertiary/aromatic N) is 4. The minimum atomic E-state index is -0.727. The molecule has 10 heteroatoms. The molecular formula is C21H22F2N6O2. The number of aromatic nitrogens is 4. The highest BCUT2D eigenvalue weighted by molar-refractivity contribution is 5.87. The minimum Gasteiger partial charge on any atom is -0.491 e. The number of aryl methyl sites for hydroxylation is 1. The van der Waals surface area contributed by atoms with E-state index in [4.69, 9.17) is 4.74 Å². The van der Waals surface area contributed by atoms with E-state index in [0.29, 0.717) is 48.7 Å². The second-order valence-corrected chi connectivity index (χ2v) is 7.25. The molecule has 1 aliphatic heterocycles. The standard InChI is InChI=1S/C21H22F2N6O2/c1-2-18(30)29-8-7-14(11-29)26-20-19-21(25-12-24-20)28-17(27-19)4-3-9-31-16-6-5-13(22)10-15(16)23/h2,5-6,10,12,14H,1,3-4,7-9,11H2,(H2,24,25,26,27,28). The van der Waals surface area contributed by atoms with E-state index in [1.165, 1.54) is 18.5 Å². The third-order valence-corrected chi connectivity index (χ3v) is 5.06. The Kier molecular flexibility index (Phi) is 6.06. The summed E-state index contributed by atoms with van der Waals surface area (Å²) in [6.07, 6.45) is 4.71. The lowest BCUT2D eigenvalue weighted by atomic mass is 10.2. The molecule has 0 aliphatic carbocycles. The molecule has 1 unspecified atom stereocenters. The molecule has 1 aromatic carbocycles. The van der Waals surface area contributed by atoms with E-state index < -0.39 is 11.6 Å². The lowest BCUT2D eigenvalue weighted by Gasteiger charge is -2.15. The van der Waals surface area contributed by atoms with Gasteiger partial charge in [0.15, 0.2) is 28.5 Å². The van der Waals surface area contributed by atoms with Gasteiger partial charge >= 0.3 is 0 Å². The van der Waals surface area contributed by atoms with Gasteiger partial charge in [-0.1, -0.05) is 6.58 Å². The fourth-order valence-electron chi connectivity index (χ4n) is 3.51. The van der Waals surface area contributed by atoms with Crippen LogP contribution in [0.4, 0.5) is 14.6 Å². The van der Waals surface area contributed by atoms with Gasteiger partial charge < -0.3 is 19.9 Å². The SMILES string of the molecule is C=CC(=O)N1CCC(Nc2ncnc3[nH]c(CCCOc4ccc(F)cc4F)nc23)C1. The molecule has 1 fully saturated rings. The van der Waals surface area contributed by atoms with Crippen molar-refractivity contribution in [3.8, 4) is 5.75 Å². The summed E-state index contributed by atoms with van der Waals surface area (Å²) in [5, 5.41) is 3.35. The Labute approximate surface area is 177 Å². The molecular weight excluding hydrogens is 406 g/mol. The number of hydrogen-bond acceptors (Lipinski definition) is 6. The van der Waals surface area contributed by atoms with Crippen LogP contribution in [0.3, 0.4) is 0 Å². The molecule has 0 saturated carbocycles. The number of imidazole rings is 1. The topological polar surface area (TPSA) is 96.0 Å². The zero-order valence-electron chi connectivity index (χ0n) is 16.8. The fourth-order valence-corrected chi connectivity index (χ4v) is 3.51. The summed E-state index contributed by atoms with van der Waals surface area (Å²) in [4.78, 5) is 29.8. The lowest BCUT2D eigenvalue weighted by molar-refractivity contribution is -0.125. The van der Waals surface area contributed by atoms with Crippen LogP contribution in [-0.2, 0) is 11.2 Å². The second-order valence-electron chi connectivity index (χ2n) is 7.25. The number of nitrogens with one attached hydrogen (secondary N) is 2. The summed E-state index contributed by atoms with van der Waals surface area (Å²) in [6, 6.07) is 3.29. The number of H-pyrrole nitrogens is 1. The predicted octanol–water partition coefficient (Wildman–Crippen LogP) is 2.84. The molecule has 2 aromatic heterocycles. The van der Waals surface area contributed by atoms with Crippen molar-refractivity contribution >= 4 is 22.9 Å². The molecule has 0 spiro atoms. The van der Waals surface area contributed by atoms with Crippen LogP contribution < -0.4 is 10.1 Å². The van der Waals surface area contributed by atoms with Crippen molar-refractivity contribution in [1.29, 1.82) is 0 Å². The van der Waals surface area contributed by atoms with Gasteiger partial charge in [-0.05, 0) is 31.1 Å². The van der Waals surface area contributed by atoms with E-state index in [1.807, 2.05) is 0 Å². The van der Waals surface area contributed by atoms with E-state index in [9.17, 15) is 13.6 Å². The van der Waals surface area contributed by atoms with E-state index in [0.717, 1.165) is 18.6 Å². The second kappa shape index (κ2) is 9.07. The molecule has 1 amide bonds. The average Bonchev–Trinajstić information content (AvgIpc) is 3.39. The van der Waals surface area contributed by atoms with Gasteiger partial charge in [0.25, 0.3) is 0 Å². The summed E-state index contributed by atoms with van der Waals surface area (Å²) in [7, 11) is 0. The summed E-state index contributed by atoms with van der Waals surface area (Å²) in [6.45, 7) is 5.02. The van der Waals surface area contributed by atoms with E-state index in [-0.39, 0.29) is 24.3 Å². The molecule has 3 aromatic rings. The lowest BCUT2D eigenvalue weighted by Crippen LogP contribution is -2.30. The summed E-state index contributed by atoms with van der Waals surface area (Å²) in [5.41, 5.74) is 1.23. The quantitative estimate of drug-likeness (QED) is 0.423. The first-order valence-corrected chi connectivity index (χ1v) is 9.99. The number of carbonyl (C=O) groups is 1. The van der Waals surface area contributed by atoms with Crippen molar-refractivity contribution in [2.45, 2.75) is 25.3 Å². The Bertz CT molecular complexity index is 1100. The number of amides is 1. The zero-order chi connectivity index (χ0) is 21.8. The third kappa shape index (κ3) is 4.79. The van der Waals surface area contributed by atoms with Gasteiger partial charge in [0, 0.05) is 31.6 Å². The van der Waals surface area contributed by atoms with Crippen LogP contribution in [0, 0.1) is 11.6 Å². The maximum atomic E-state index is 13.6. The molecule has 0 radical (unpaired) electrons. The third-order valence-electron chi connectivity index (χ3n) is 5.06. The molecule has 162 valence electrons. The molecule has 8 nitrogen and oxygen atoms in total. The van der Waals surface area contributed by atoms with Crippen LogP contribution in [0.5, 0.6) is 5.75 Å². The number of anilines is 1. The Morgan fingerprint density at radius 2 is 2.26 bits per heavy atom. The van der Waals surface area contributed by atoms with Gasteiger partial charge in [0.2, 0.25) is 5.91 Å². The highest BCUT2D eigenvalue weighted by Gasteiger charge is 2.25. The molecule has 1 aliphatic rings. The number of benzene rings is 1. The number of likely N-dealkylation sites (tertiary alicyclic amines) is 1. The first kappa shape index (κ1) is 20.7. The predicted molar refractivity (Wildman–Crippen MR) is 111 cm³/mol. The van der Waals surface area contributed by atoms with Gasteiger partial charge in [0.05, 0.1) is 6.61 Å². The van der Waals surface area contributed by atoms with Gasteiger partial charge in [0.1, 0.15) is 18.0 Å². The Morgan fingerprint density at radius 1 is 1.39 bits per heavy atom. The number of rotatable bonds is 8. The number of halogens is 2. The minimum absolute atomic E-state index is 0.0175. The smallest absolute Gasteiger partial charge is 0.246 e. The van der Waals surface area contributed by atoms with Gasteiger partial charge in [-0.2, -0.15) is 0 Å². The van der Waals surface area contributed by atoms with Crippen LogP contribution in [0.15, 0.2) is 37.2 Å². The van der Waals surface area contributed by atoms with Crippen molar-refractivity contribution in [3.63, 3.8) is 0 Å². The summed E-state index contributed by atoms with van der Waals surface area (Å²) >= 11 is 0. The Balaban J connectivity index is 1.35. The van der Waals surface area contributed by atoms with Crippen LogP contribution in [0.25, 0.3) is 11.2 Å². The van der Waals surface area contributed by atoms with Gasteiger partial charge in [-0.15, -0.1) is 0 Å². The van der Waals surface area contributed by atoms with Crippen molar-refractivity contribution in [2.24, 2.45) is 0 Å². The van der Waals surface area contributed by atoms with Crippen molar-refractivity contribution in [3.05, 3.63) is 54.6 Å². The first-order chi connectivity index (χ1) is 15.0. The molecule has 2 N–H and O–H groups in total. The largest absolute Gasteiger partial charge is 0.491 e. The van der Waals surface area contributed by atoms with Crippen LogP contribution >= 0.6 is 0 Å². The molecule has 4 rings (SSSR count). The summed E-state index contributed by atoms with van der Waals surface area (Å²) in [5.74, 6) is -0.122. The molecule has 3 heterocycles. The highest BCUT2D eigenvalue weighted by atomic mass is 19.1. The molecule has 1 atom stereocenters. The van der Waals surface area contributed by atoms with E-state index in [2.05, 4.69) is 31.8 Å².